The molecule has 0 fully saturated rings. The lowest BCUT2D eigenvalue weighted by atomic mass is 10.0. The van der Waals surface area contributed by atoms with Crippen LogP contribution in [0.2, 0.25) is 0 Å². The average molecular weight is 423 g/mol. The quantitative estimate of drug-likeness (QED) is 0.703. The first kappa shape index (κ1) is 13.5. The van der Waals surface area contributed by atoms with E-state index < -0.39 is 6.10 Å². The van der Waals surface area contributed by atoms with Gasteiger partial charge in [0.25, 0.3) is 0 Å². The van der Waals surface area contributed by atoms with Crippen molar-refractivity contribution in [1.82, 2.24) is 0 Å². The Morgan fingerprint density at radius 3 is 2.88 bits per heavy atom. The van der Waals surface area contributed by atoms with Crippen LogP contribution in [0.3, 0.4) is 0 Å². The van der Waals surface area contributed by atoms with Gasteiger partial charge < -0.3 is 5.11 Å². The van der Waals surface area contributed by atoms with E-state index in [1.165, 1.54) is 4.88 Å². The molecule has 1 heterocycles. The van der Waals surface area contributed by atoms with Crippen molar-refractivity contribution in [2.45, 2.75) is 18.9 Å². The van der Waals surface area contributed by atoms with Gasteiger partial charge in [0, 0.05) is 12.9 Å². The fraction of sp³-hybridized carbons (Fsp3) is 0.231. The van der Waals surface area contributed by atoms with Crippen LogP contribution in [0.5, 0.6) is 0 Å². The number of hydrogen-bond acceptors (Lipinski definition) is 2. The van der Waals surface area contributed by atoms with Crippen LogP contribution in [0.4, 0.5) is 0 Å². The summed E-state index contributed by atoms with van der Waals surface area (Å²) in [4.78, 5) is 1.32. The molecule has 0 aliphatic heterocycles. The fourth-order valence-corrected chi connectivity index (χ4v) is 3.41. The number of halogens is 2. The molecule has 1 aromatic carbocycles. The lowest BCUT2D eigenvalue weighted by Crippen LogP contribution is -2.00. The van der Waals surface area contributed by atoms with Gasteiger partial charge in [-0.15, -0.1) is 11.3 Å². The predicted octanol–water partition coefficient (Wildman–Crippen LogP) is 4.78. The summed E-state index contributed by atoms with van der Waals surface area (Å²) in [6, 6.07) is 10.2. The second kappa shape index (κ2) is 6.31. The summed E-state index contributed by atoms with van der Waals surface area (Å²) in [7, 11) is 0. The molecule has 0 amide bonds. The number of rotatable bonds is 4. The van der Waals surface area contributed by atoms with Crippen LogP contribution in [0.15, 0.2) is 40.2 Å². The van der Waals surface area contributed by atoms with Gasteiger partial charge in [0.2, 0.25) is 0 Å². The zero-order chi connectivity index (χ0) is 12.3. The standard InChI is InChI=1S/C13H12BrIOS/c14-12-5-3-9(15)8-11(12)13(16)6-4-10-2-1-7-17-10/h1-3,5,7-8,13,16H,4,6H2. The number of aliphatic hydroxyl groups excluding tert-OH is 1. The topological polar surface area (TPSA) is 20.2 Å². The second-order valence-corrected chi connectivity index (χ2v) is 6.93. The second-order valence-electron chi connectivity index (χ2n) is 3.80. The molecule has 17 heavy (non-hydrogen) atoms. The third-order valence-corrected chi connectivity index (χ3v) is 4.89. The van der Waals surface area contributed by atoms with Gasteiger partial charge in [0.05, 0.1) is 6.10 Å². The summed E-state index contributed by atoms with van der Waals surface area (Å²) in [6.07, 6.45) is 1.29. The van der Waals surface area contributed by atoms with Crippen molar-refractivity contribution in [3.05, 3.63) is 54.2 Å². The van der Waals surface area contributed by atoms with E-state index in [4.69, 9.17) is 0 Å². The highest BCUT2D eigenvalue weighted by molar-refractivity contribution is 14.1. The van der Waals surface area contributed by atoms with E-state index >= 15 is 0 Å². The number of benzene rings is 1. The maximum Gasteiger partial charge on any atom is 0.0804 e. The normalized spacial score (nSPS) is 12.6. The molecule has 0 aliphatic rings. The molecule has 0 saturated carbocycles. The molecule has 0 radical (unpaired) electrons. The van der Waals surface area contributed by atoms with E-state index in [1.54, 1.807) is 11.3 Å². The molecule has 2 aromatic rings. The van der Waals surface area contributed by atoms with Gasteiger partial charge in [0.1, 0.15) is 0 Å². The van der Waals surface area contributed by atoms with Gasteiger partial charge in [-0.3, -0.25) is 0 Å². The molecular formula is C13H12BrIOS. The molecule has 1 N–H and O–H groups in total. The van der Waals surface area contributed by atoms with Gasteiger partial charge in [-0.05, 0) is 70.6 Å². The van der Waals surface area contributed by atoms with Crippen molar-refractivity contribution in [2.24, 2.45) is 0 Å². The molecule has 1 unspecified atom stereocenters. The molecule has 4 heteroatoms. The van der Waals surface area contributed by atoms with Crippen molar-refractivity contribution in [3.8, 4) is 0 Å². The molecule has 1 nitrogen and oxygen atoms in total. The highest BCUT2D eigenvalue weighted by atomic mass is 127. The predicted molar refractivity (Wildman–Crippen MR) is 84.5 cm³/mol. The first-order chi connectivity index (χ1) is 8.16. The minimum absolute atomic E-state index is 0.402. The number of aryl methyl sites for hydroxylation is 1. The maximum atomic E-state index is 10.2. The summed E-state index contributed by atoms with van der Waals surface area (Å²) < 4.78 is 2.13. The van der Waals surface area contributed by atoms with E-state index in [0.717, 1.165) is 26.4 Å². The molecule has 0 spiro atoms. The van der Waals surface area contributed by atoms with Crippen LogP contribution < -0.4 is 0 Å². The lowest BCUT2D eigenvalue weighted by molar-refractivity contribution is 0.167. The van der Waals surface area contributed by atoms with Gasteiger partial charge in [0.15, 0.2) is 0 Å². The van der Waals surface area contributed by atoms with Crippen molar-refractivity contribution in [2.75, 3.05) is 0 Å². The number of thiophene rings is 1. The first-order valence-electron chi connectivity index (χ1n) is 5.32. The zero-order valence-corrected chi connectivity index (χ0v) is 13.6. The SMILES string of the molecule is OC(CCc1cccs1)c1cc(I)ccc1Br. The molecule has 0 aliphatic carbocycles. The Morgan fingerprint density at radius 1 is 1.35 bits per heavy atom. The van der Waals surface area contributed by atoms with Crippen LogP contribution in [-0.2, 0) is 6.42 Å². The van der Waals surface area contributed by atoms with Gasteiger partial charge >= 0.3 is 0 Å². The Morgan fingerprint density at radius 2 is 2.18 bits per heavy atom. The number of aliphatic hydroxyl groups is 1. The Balaban J connectivity index is 2.04. The van der Waals surface area contributed by atoms with E-state index in [-0.39, 0.29) is 0 Å². The summed E-state index contributed by atoms with van der Waals surface area (Å²) in [5, 5.41) is 12.3. The Labute approximate surface area is 127 Å². The summed E-state index contributed by atoms with van der Waals surface area (Å²) in [6.45, 7) is 0. The van der Waals surface area contributed by atoms with Crippen LogP contribution >= 0.6 is 49.9 Å². The van der Waals surface area contributed by atoms with Crippen molar-refractivity contribution >= 4 is 49.9 Å². The highest BCUT2D eigenvalue weighted by Gasteiger charge is 2.12. The minimum Gasteiger partial charge on any atom is -0.388 e. The summed E-state index contributed by atoms with van der Waals surface area (Å²) >= 11 is 7.50. The third kappa shape index (κ3) is 3.77. The monoisotopic (exact) mass is 422 g/mol. The van der Waals surface area contributed by atoms with Gasteiger partial charge in [-0.1, -0.05) is 22.0 Å². The first-order valence-corrected chi connectivity index (χ1v) is 8.07. The van der Waals surface area contributed by atoms with E-state index in [0.29, 0.717) is 0 Å². The van der Waals surface area contributed by atoms with Crippen molar-refractivity contribution < 1.29 is 5.11 Å². The van der Waals surface area contributed by atoms with Crippen LogP contribution in [0, 0.1) is 3.57 Å². The number of hydrogen-bond donors (Lipinski definition) is 1. The Hall–Kier alpha value is 0.0900. The van der Waals surface area contributed by atoms with Crippen molar-refractivity contribution in [1.29, 1.82) is 0 Å². The van der Waals surface area contributed by atoms with Crippen LogP contribution in [0.1, 0.15) is 23.0 Å². The molecular weight excluding hydrogens is 411 g/mol. The van der Waals surface area contributed by atoms with Gasteiger partial charge in [-0.25, -0.2) is 0 Å². The largest absolute Gasteiger partial charge is 0.388 e. The smallest absolute Gasteiger partial charge is 0.0804 e. The fourth-order valence-electron chi connectivity index (χ4n) is 1.66. The third-order valence-electron chi connectivity index (χ3n) is 2.56. The van der Waals surface area contributed by atoms with Crippen LogP contribution in [-0.4, -0.2) is 5.11 Å². The average Bonchev–Trinajstić information content (AvgIpc) is 2.82. The maximum absolute atomic E-state index is 10.2. The van der Waals surface area contributed by atoms with E-state index in [1.807, 2.05) is 24.3 Å². The van der Waals surface area contributed by atoms with Crippen molar-refractivity contribution in [3.63, 3.8) is 0 Å². The lowest BCUT2D eigenvalue weighted by Gasteiger charge is -2.12. The summed E-state index contributed by atoms with van der Waals surface area (Å²) in [5.74, 6) is 0. The van der Waals surface area contributed by atoms with Crippen LogP contribution in [0.25, 0.3) is 0 Å². The molecule has 2 rings (SSSR count). The van der Waals surface area contributed by atoms with E-state index in [9.17, 15) is 5.11 Å². The van der Waals surface area contributed by atoms with E-state index in [2.05, 4.69) is 50.0 Å². The summed E-state index contributed by atoms with van der Waals surface area (Å²) in [5.41, 5.74) is 0.980. The molecule has 0 saturated heterocycles. The Bertz CT molecular complexity index is 484. The Kier molecular flexibility index (Phi) is 5.02. The zero-order valence-electron chi connectivity index (χ0n) is 9.07. The molecule has 1 aromatic heterocycles. The molecule has 1 atom stereocenters. The molecule has 90 valence electrons. The molecule has 0 bridgehead atoms. The highest BCUT2D eigenvalue weighted by Crippen LogP contribution is 2.28. The minimum atomic E-state index is -0.402. The van der Waals surface area contributed by atoms with Gasteiger partial charge in [-0.2, -0.15) is 0 Å².